The van der Waals surface area contributed by atoms with E-state index in [2.05, 4.69) is 16.3 Å². The molecule has 0 unspecified atom stereocenters. The van der Waals surface area contributed by atoms with Gasteiger partial charge in [-0.1, -0.05) is 12.1 Å². The van der Waals surface area contributed by atoms with E-state index in [0.29, 0.717) is 5.75 Å². The molecule has 0 bridgehead atoms. The molecule has 120 valence electrons. The molecule has 1 aromatic carbocycles. The van der Waals surface area contributed by atoms with Crippen LogP contribution in [0.25, 0.3) is 0 Å². The third-order valence-electron chi connectivity index (χ3n) is 3.83. The Kier molecular flexibility index (Phi) is 6.20. The Morgan fingerprint density at radius 3 is 2.64 bits per heavy atom. The Morgan fingerprint density at radius 1 is 1.27 bits per heavy atom. The van der Waals surface area contributed by atoms with Crippen LogP contribution in [0.15, 0.2) is 35.7 Å². The minimum absolute atomic E-state index is 0. The molecule has 0 amide bonds. The fraction of sp³-hybridized carbons (Fsp3) is 0.375. The molecule has 1 aromatic heterocycles. The van der Waals surface area contributed by atoms with Gasteiger partial charge >= 0.3 is 0 Å². The third-order valence-corrected chi connectivity index (χ3v) is 4.76. The number of ether oxygens (including phenoxy) is 1. The maximum absolute atomic E-state index is 14.5. The molecule has 1 aliphatic heterocycles. The Hall–Kier alpha value is -1.14. The van der Waals surface area contributed by atoms with E-state index < -0.39 is 0 Å². The number of thiophene rings is 1. The van der Waals surface area contributed by atoms with Gasteiger partial charge < -0.3 is 10.1 Å². The smallest absolute Gasteiger partial charge is 0.132 e. The van der Waals surface area contributed by atoms with E-state index in [9.17, 15) is 4.39 Å². The van der Waals surface area contributed by atoms with Gasteiger partial charge in [0.05, 0.1) is 13.2 Å². The van der Waals surface area contributed by atoms with Crippen LogP contribution in [0.2, 0.25) is 0 Å². The molecule has 0 spiro atoms. The summed E-state index contributed by atoms with van der Waals surface area (Å²) >= 11 is 1.68. The zero-order valence-corrected chi connectivity index (χ0v) is 14.1. The monoisotopic (exact) mass is 342 g/mol. The first-order chi connectivity index (χ1) is 10.3. The summed E-state index contributed by atoms with van der Waals surface area (Å²) in [7, 11) is 1.56. The van der Waals surface area contributed by atoms with Crippen molar-refractivity contribution in [1.82, 2.24) is 10.2 Å². The first-order valence-corrected chi connectivity index (χ1v) is 7.99. The highest BCUT2D eigenvalue weighted by Gasteiger charge is 2.27. The lowest BCUT2D eigenvalue weighted by atomic mass is 10.0. The van der Waals surface area contributed by atoms with Crippen LogP contribution >= 0.6 is 23.7 Å². The second-order valence-electron chi connectivity index (χ2n) is 5.09. The van der Waals surface area contributed by atoms with Gasteiger partial charge in [0.15, 0.2) is 0 Å². The van der Waals surface area contributed by atoms with Gasteiger partial charge in [0.1, 0.15) is 11.6 Å². The highest BCUT2D eigenvalue weighted by molar-refractivity contribution is 7.10. The maximum atomic E-state index is 14.5. The van der Waals surface area contributed by atoms with Gasteiger partial charge in [0.2, 0.25) is 0 Å². The molecule has 1 atom stereocenters. The van der Waals surface area contributed by atoms with Crippen LogP contribution < -0.4 is 10.1 Å². The Labute approximate surface area is 140 Å². The molecule has 0 radical (unpaired) electrons. The molecule has 2 aromatic rings. The summed E-state index contributed by atoms with van der Waals surface area (Å²) in [6.07, 6.45) is 0. The normalized spacial score (nSPS) is 16.8. The second kappa shape index (κ2) is 7.92. The largest absolute Gasteiger partial charge is 0.497 e. The molecule has 6 heteroatoms. The van der Waals surface area contributed by atoms with Gasteiger partial charge in [-0.3, -0.25) is 4.90 Å². The summed E-state index contributed by atoms with van der Waals surface area (Å²) in [6, 6.07) is 9.25. The molecule has 1 aliphatic rings. The molecule has 1 fully saturated rings. The Bertz CT molecular complexity index is 588. The second-order valence-corrected chi connectivity index (χ2v) is 6.07. The highest BCUT2D eigenvalue weighted by Crippen LogP contribution is 2.34. The van der Waals surface area contributed by atoms with E-state index in [4.69, 9.17) is 4.74 Å². The van der Waals surface area contributed by atoms with Crippen LogP contribution in [0, 0.1) is 5.82 Å². The van der Waals surface area contributed by atoms with Crippen LogP contribution in [0.4, 0.5) is 4.39 Å². The van der Waals surface area contributed by atoms with Crippen molar-refractivity contribution < 1.29 is 9.13 Å². The standard InChI is InChI=1S/C16H19FN2OS.ClH/c1-20-12-4-5-13(14(17)11-12)16(15-3-2-10-21-15)19-8-6-18-7-9-19;/h2-5,10-11,16,18H,6-9H2,1H3;1H/t16-;/m0./s1. The van der Waals surface area contributed by atoms with Gasteiger partial charge in [0, 0.05) is 42.7 Å². The van der Waals surface area contributed by atoms with Crippen molar-refractivity contribution in [3.05, 3.63) is 52.0 Å². The van der Waals surface area contributed by atoms with Crippen LogP contribution in [0.1, 0.15) is 16.5 Å². The fourth-order valence-corrected chi connectivity index (χ4v) is 3.65. The molecule has 3 nitrogen and oxygen atoms in total. The SMILES string of the molecule is COc1ccc([C@@H](c2cccs2)N2CCNCC2)c(F)c1.Cl. The number of nitrogens with one attached hydrogen (secondary N) is 1. The molecule has 2 heterocycles. The van der Waals surface area contributed by atoms with Crippen molar-refractivity contribution in [2.75, 3.05) is 33.3 Å². The first kappa shape index (κ1) is 17.2. The summed E-state index contributed by atoms with van der Waals surface area (Å²) in [5.74, 6) is 0.354. The molecule has 1 saturated heterocycles. The zero-order valence-electron chi connectivity index (χ0n) is 12.4. The minimum atomic E-state index is -0.203. The topological polar surface area (TPSA) is 24.5 Å². The molecule has 3 rings (SSSR count). The summed E-state index contributed by atoms with van der Waals surface area (Å²) in [5.41, 5.74) is 0.722. The number of rotatable bonds is 4. The lowest BCUT2D eigenvalue weighted by molar-refractivity contribution is 0.197. The van der Waals surface area contributed by atoms with Gasteiger partial charge in [-0.2, -0.15) is 0 Å². The number of nitrogens with zero attached hydrogens (tertiary/aromatic N) is 1. The summed E-state index contributed by atoms with van der Waals surface area (Å²) in [4.78, 5) is 3.52. The molecule has 22 heavy (non-hydrogen) atoms. The fourth-order valence-electron chi connectivity index (χ4n) is 2.77. The quantitative estimate of drug-likeness (QED) is 0.922. The lowest BCUT2D eigenvalue weighted by Gasteiger charge is -2.35. The molecular weight excluding hydrogens is 323 g/mol. The van der Waals surface area contributed by atoms with Crippen molar-refractivity contribution in [2.24, 2.45) is 0 Å². The number of piperazine rings is 1. The first-order valence-electron chi connectivity index (χ1n) is 7.11. The minimum Gasteiger partial charge on any atom is -0.497 e. The highest BCUT2D eigenvalue weighted by atomic mass is 35.5. The van der Waals surface area contributed by atoms with Crippen molar-refractivity contribution in [2.45, 2.75) is 6.04 Å². The maximum Gasteiger partial charge on any atom is 0.132 e. The summed E-state index contributed by atoms with van der Waals surface area (Å²) in [6.45, 7) is 3.74. The van der Waals surface area contributed by atoms with E-state index >= 15 is 0 Å². The van der Waals surface area contributed by atoms with Gasteiger partial charge in [-0.05, 0) is 17.5 Å². The zero-order chi connectivity index (χ0) is 14.7. The summed E-state index contributed by atoms with van der Waals surface area (Å²) in [5, 5.41) is 5.39. The van der Waals surface area contributed by atoms with Crippen LogP contribution in [-0.2, 0) is 0 Å². The van der Waals surface area contributed by atoms with E-state index in [1.165, 1.54) is 10.9 Å². The summed E-state index contributed by atoms with van der Waals surface area (Å²) < 4.78 is 19.6. The van der Waals surface area contributed by atoms with Crippen molar-refractivity contribution in [3.8, 4) is 5.75 Å². The van der Waals surface area contributed by atoms with Crippen LogP contribution in [0.5, 0.6) is 5.75 Å². The van der Waals surface area contributed by atoms with Crippen LogP contribution in [0.3, 0.4) is 0 Å². The number of benzene rings is 1. The average Bonchev–Trinajstić information content (AvgIpc) is 3.04. The number of halogens is 2. The Balaban J connectivity index is 0.00000176. The van der Waals surface area contributed by atoms with E-state index in [-0.39, 0.29) is 24.3 Å². The predicted octanol–water partition coefficient (Wildman–Crippen LogP) is 3.31. The van der Waals surface area contributed by atoms with Gasteiger partial charge in [0.25, 0.3) is 0 Å². The number of hydrogen-bond acceptors (Lipinski definition) is 4. The van der Waals surface area contributed by atoms with Gasteiger partial charge in [-0.15, -0.1) is 23.7 Å². The van der Waals surface area contributed by atoms with E-state index in [1.807, 2.05) is 23.6 Å². The van der Waals surface area contributed by atoms with Gasteiger partial charge in [-0.25, -0.2) is 4.39 Å². The number of hydrogen-bond donors (Lipinski definition) is 1. The molecular formula is C16H20ClFN2OS. The molecule has 0 aliphatic carbocycles. The third kappa shape index (κ3) is 3.60. The van der Waals surface area contributed by atoms with Crippen molar-refractivity contribution in [3.63, 3.8) is 0 Å². The van der Waals surface area contributed by atoms with Crippen molar-refractivity contribution >= 4 is 23.7 Å². The molecule has 0 saturated carbocycles. The van der Waals surface area contributed by atoms with Crippen LogP contribution in [-0.4, -0.2) is 38.2 Å². The lowest BCUT2D eigenvalue weighted by Crippen LogP contribution is -2.45. The van der Waals surface area contributed by atoms with E-state index in [0.717, 1.165) is 31.7 Å². The average molecular weight is 343 g/mol. The molecule has 1 N–H and O–H groups in total. The Morgan fingerprint density at radius 2 is 2.05 bits per heavy atom. The van der Waals surface area contributed by atoms with Crippen molar-refractivity contribution in [1.29, 1.82) is 0 Å². The number of methoxy groups -OCH3 is 1. The van der Waals surface area contributed by atoms with E-state index in [1.54, 1.807) is 18.4 Å². The predicted molar refractivity (Wildman–Crippen MR) is 90.8 cm³/mol.